The van der Waals surface area contributed by atoms with Crippen molar-refractivity contribution in [3.8, 4) is 17.2 Å². The van der Waals surface area contributed by atoms with Crippen LogP contribution in [0.5, 0.6) is 17.2 Å². The predicted molar refractivity (Wildman–Crippen MR) is 145 cm³/mol. The van der Waals surface area contributed by atoms with E-state index in [1.165, 1.54) is 0 Å². The topological polar surface area (TPSA) is 55.4 Å². The fourth-order valence-electron chi connectivity index (χ4n) is 4.17. The average molecular weight is 509 g/mol. The normalized spacial score (nSPS) is 14.4. The van der Waals surface area contributed by atoms with E-state index in [0.29, 0.717) is 19.8 Å². The monoisotopic (exact) mass is 508 g/mol. The third-order valence-electron chi connectivity index (χ3n) is 5.75. The van der Waals surface area contributed by atoms with Gasteiger partial charge in [-0.05, 0) is 94.6 Å². The van der Waals surface area contributed by atoms with Crippen LogP contribution in [0.15, 0.2) is 72.8 Å². The van der Waals surface area contributed by atoms with Crippen LogP contribution in [0.25, 0.3) is 0 Å². The predicted octanol–water partition coefficient (Wildman–Crippen LogP) is 7.15. The second-order valence-corrected chi connectivity index (χ2v) is 8.56. The van der Waals surface area contributed by atoms with E-state index in [2.05, 4.69) is 36.4 Å². The smallest absolute Gasteiger partial charge is 0.196 e. The molecule has 0 spiro atoms. The first-order chi connectivity index (χ1) is 17.9. The Balaban J connectivity index is 1.87. The Morgan fingerprint density at radius 1 is 0.432 bits per heavy atom. The Kier molecular flexibility index (Phi) is 11.3. The maximum absolute atomic E-state index is 5.87. The van der Waals surface area contributed by atoms with E-state index in [1.54, 1.807) is 0 Å². The van der Waals surface area contributed by atoms with Gasteiger partial charge in [-0.2, -0.15) is 0 Å². The lowest BCUT2D eigenvalue weighted by molar-refractivity contribution is -0.0616. The first kappa shape index (κ1) is 28.5. The van der Waals surface area contributed by atoms with Crippen LogP contribution in [0.1, 0.15) is 64.2 Å². The van der Waals surface area contributed by atoms with E-state index in [9.17, 15) is 0 Å². The lowest BCUT2D eigenvalue weighted by Crippen LogP contribution is -2.16. The molecule has 0 bridgehead atoms. The first-order valence-corrected chi connectivity index (χ1v) is 13.1. The van der Waals surface area contributed by atoms with E-state index < -0.39 is 0 Å². The highest BCUT2D eigenvalue weighted by Gasteiger charge is 2.18. The Bertz CT molecular complexity index is 896. The van der Waals surface area contributed by atoms with Crippen molar-refractivity contribution in [2.45, 2.75) is 66.3 Å². The van der Waals surface area contributed by atoms with Gasteiger partial charge in [0.05, 0.1) is 0 Å². The van der Waals surface area contributed by atoms with Crippen LogP contribution < -0.4 is 14.2 Å². The molecule has 0 saturated carbocycles. The van der Waals surface area contributed by atoms with Gasteiger partial charge >= 0.3 is 0 Å². The first-order valence-electron chi connectivity index (χ1n) is 13.1. The quantitative estimate of drug-likeness (QED) is 0.160. The van der Waals surface area contributed by atoms with E-state index in [0.717, 1.165) is 33.9 Å². The van der Waals surface area contributed by atoms with Crippen LogP contribution in [0.2, 0.25) is 0 Å². The van der Waals surface area contributed by atoms with Crippen molar-refractivity contribution in [3.05, 3.63) is 89.5 Å². The molecule has 0 saturated heterocycles. The number of benzene rings is 3. The van der Waals surface area contributed by atoms with Gasteiger partial charge in [0, 0.05) is 25.7 Å². The van der Waals surface area contributed by atoms with Gasteiger partial charge in [0.2, 0.25) is 0 Å². The van der Waals surface area contributed by atoms with Crippen molar-refractivity contribution >= 4 is 0 Å². The largest absolute Gasteiger partial charge is 0.465 e. The molecule has 0 amide bonds. The van der Waals surface area contributed by atoms with Gasteiger partial charge in [-0.1, -0.05) is 36.4 Å². The van der Waals surface area contributed by atoms with Crippen molar-refractivity contribution in [2.24, 2.45) is 0 Å². The standard InChI is InChI=1S/C31H40O6/c1-7-32-22(4)35-28-16-10-25(11-17-28)31(26-12-18-29(19-13-26)36-23(5)33-8-2)27-14-20-30(21-15-27)37-24(6)34-9-3/h10-24,31H,7-9H2,1-6H3. The summed E-state index contributed by atoms with van der Waals surface area (Å²) in [5.74, 6) is 2.32. The minimum Gasteiger partial charge on any atom is -0.465 e. The Hall–Kier alpha value is -3.06. The zero-order valence-corrected chi connectivity index (χ0v) is 22.8. The van der Waals surface area contributed by atoms with Crippen LogP contribution in [0, 0.1) is 0 Å². The average Bonchev–Trinajstić information content (AvgIpc) is 2.88. The SMILES string of the molecule is CCOC(C)Oc1ccc(C(c2ccc(OC(C)OCC)cc2)c2ccc(OC(C)OCC)cc2)cc1. The lowest BCUT2D eigenvalue weighted by Gasteiger charge is -2.22. The summed E-state index contributed by atoms with van der Waals surface area (Å²) < 4.78 is 34.1. The van der Waals surface area contributed by atoms with Gasteiger partial charge in [-0.25, -0.2) is 0 Å². The van der Waals surface area contributed by atoms with Crippen LogP contribution in [-0.2, 0) is 14.2 Å². The van der Waals surface area contributed by atoms with E-state index in [1.807, 2.05) is 77.9 Å². The fraction of sp³-hybridized carbons (Fsp3) is 0.419. The minimum absolute atomic E-state index is 0.00935. The summed E-state index contributed by atoms with van der Waals surface area (Å²) in [6, 6.07) is 24.5. The van der Waals surface area contributed by atoms with Crippen molar-refractivity contribution in [2.75, 3.05) is 19.8 Å². The molecule has 0 radical (unpaired) electrons. The highest BCUT2D eigenvalue weighted by atomic mass is 16.7. The maximum Gasteiger partial charge on any atom is 0.196 e. The summed E-state index contributed by atoms with van der Waals surface area (Å²) in [5, 5.41) is 0. The molecule has 3 unspecified atom stereocenters. The van der Waals surface area contributed by atoms with Crippen molar-refractivity contribution < 1.29 is 28.4 Å². The molecule has 3 atom stereocenters. The maximum atomic E-state index is 5.87. The molecular formula is C31H40O6. The highest BCUT2D eigenvalue weighted by molar-refractivity contribution is 5.46. The highest BCUT2D eigenvalue weighted by Crippen LogP contribution is 2.35. The molecular weight excluding hydrogens is 468 g/mol. The zero-order valence-electron chi connectivity index (χ0n) is 22.8. The summed E-state index contributed by atoms with van der Waals surface area (Å²) >= 11 is 0. The van der Waals surface area contributed by atoms with E-state index in [-0.39, 0.29) is 24.8 Å². The van der Waals surface area contributed by atoms with Gasteiger partial charge in [0.15, 0.2) is 18.9 Å². The molecule has 3 aromatic rings. The van der Waals surface area contributed by atoms with Crippen LogP contribution in [0.4, 0.5) is 0 Å². The van der Waals surface area contributed by atoms with E-state index in [4.69, 9.17) is 28.4 Å². The molecule has 3 aromatic carbocycles. The molecule has 3 rings (SSSR count). The minimum atomic E-state index is -0.301. The summed E-state index contributed by atoms with van der Waals surface area (Å²) in [7, 11) is 0. The van der Waals surface area contributed by atoms with Crippen LogP contribution in [0.3, 0.4) is 0 Å². The van der Waals surface area contributed by atoms with Gasteiger partial charge in [-0.3, -0.25) is 0 Å². The molecule has 0 N–H and O–H groups in total. The van der Waals surface area contributed by atoms with Crippen LogP contribution >= 0.6 is 0 Å². The number of rotatable bonds is 15. The fourth-order valence-corrected chi connectivity index (χ4v) is 4.17. The molecule has 0 aromatic heterocycles. The van der Waals surface area contributed by atoms with Crippen LogP contribution in [-0.4, -0.2) is 38.7 Å². The second kappa shape index (κ2) is 14.6. The Morgan fingerprint density at radius 3 is 0.892 bits per heavy atom. The third kappa shape index (κ3) is 8.78. The van der Waals surface area contributed by atoms with Gasteiger partial charge in [-0.15, -0.1) is 0 Å². The summed E-state index contributed by atoms with van der Waals surface area (Å²) in [4.78, 5) is 0. The zero-order chi connectivity index (χ0) is 26.6. The molecule has 0 aliphatic rings. The molecule has 0 aliphatic carbocycles. The number of hydrogen-bond acceptors (Lipinski definition) is 6. The third-order valence-corrected chi connectivity index (χ3v) is 5.75. The van der Waals surface area contributed by atoms with Crippen molar-refractivity contribution in [1.29, 1.82) is 0 Å². The molecule has 0 fully saturated rings. The Morgan fingerprint density at radius 2 is 0.676 bits per heavy atom. The second-order valence-electron chi connectivity index (χ2n) is 8.56. The molecule has 0 aliphatic heterocycles. The summed E-state index contributed by atoms with van der Waals surface area (Å²) in [6.45, 7) is 13.4. The van der Waals surface area contributed by atoms with Crippen molar-refractivity contribution in [1.82, 2.24) is 0 Å². The van der Waals surface area contributed by atoms with Gasteiger partial charge in [0.1, 0.15) is 17.2 Å². The van der Waals surface area contributed by atoms with E-state index >= 15 is 0 Å². The molecule has 37 heavy (non-hydrogen) atoms. The molecule has 6 nitrogen and oxygen atoms in total. The Labute approximate surface area is 221 Å². The lowest BCUT2D eigenvalue weighted by atomic mass is 9.85. The molecule has 0 heterocycles. The van der Waals surface area contributed by atoms with Crippen molar-refractivity contribution in [3.63, 3.8) is 0 Å². The number of ether oxygens (including phenoxy) is 6. The van der Waals surface area contributed by atoms with Gasteiger partial charge < -0.3 is 28.4 Å². The number of hydrogen-bond donors (Lipinski definition) is 0. The van der Waals surface area contributed by atoms with Gasteiger partial charge in [0.25, 0.3) is 0 Å². The summed E-state index contributed by atoms with van der Waals surface area (Å²) in [5.41, 5.74) is 3.43. The molecule has 6 heteroatoms. The summed E-state index contributed by atoms with van der Waals surface area (Å²) in [6.07, 6.45) is -0.903. The molecule has 200 valence electrons.